The predicted octanol–water partition coefficient (Wildman–Crippen LogP) is 4.96. The molecule has 5 heteroatoms. The molecule has 2 aromatic heterocycles. The summed E-state index contributed by atoms with van der Waals surface area (Å²) >= 11 is 1.48. The van der Waals surface area contributed by atoms with Crippen LogP contribution in [-0.4, -0.2) is 15.5 Å². The van der Waals surface area contributed by atoms with Crippen molar-refractivity contribution in [3.8, 4) is 5.69 Å². The van der Waals surface area contributed by atoms with Crippen molar-refractivity contribution in [2.24, 2.45) is 0 Å². The Hall–Kier alpha value is -2.92. The van der Waals surface area contributed by atoms with Gasteiger partial charge in [-0.1, -0.05) is 41.7 Å². The van der Waals surface area contributed by atoms with Gasteiger partial charge in [-0.25, -0.2) is 4.98 Å². The van der Waals surface area contributed by atoms with Crippen molar-refractivity contribution < 1.29 is 4.79 Å². The number of anilines is 1. The average Bonchev–Trinajstić information content (AvgIpc) is 3.15. The molecule has 0 saturated heterocycles. The SMILES string of the molecule is Cc1cc(C(=O)Nc2nc3ccccc3s2)c(C)n1-c1ccccc1. The molecular weight excluding hydrogens is 330 g/mol. The highest BCUT2D eigenvalue weighted by atomic mass is 32.1. The first-order chi connectivity index (χ1) is 12.1. The first-order valence-corrected chi connectivity index (χ1v) is 8.86. The van der Waals surface area contributed by atoms with E-state index in [1.54, 1.807) is 0 Å². The van der Waals surface area contributed by atoms with E-state index in [1.807, 2.05) is 74.5 Å². The number of nitrogens with zero attached hydrogens (tertiary/aromatic N) is 2. The third-order valence-corrected chi connectivity index (χ3v) is 5.16. The average molecular weight is 347 g/mol. The van der Waals surface area contributed by atoms with E-state index < -0.39 is 0 Å². The molecule has 2 heterocycles. The van der Waals surface area contributed by atoms with Crippen molar-refractivity contribution in [1.29, 1.82) is 0 Å². The van der Waals surface area contributed by atoms with Crippen LogP contribution >= 0.6 is 11.3 Å². The maximum absolute atomic E-state index is 12.8. The topological polar surface area (TPSA) is 46.9 Å². The van der Waals surface area contributed by atoms with Crippen molar-refractivity contribution in [1.82, 2.24) is 9.55 Å². The second-order valence-corrected chi connectivity index (χ2v) is 6.93. The van der Waals surface area contributed by atoms with Gasteiger partial charge < -0.3 is 4.57 Å². The Morgan fingerprint density at radius 3 is 2.52 bits per heavy atom. The lowest BCUT2D eigenvalue weighted by Crippen LogP contribution is -2.12. The van der Waals surface area contributed by atoms with E-state index >= 15 is 0 Å². The number of nitrogens with one attached hydrogen (secondary N) is 1. The van der Waals surface area contributed by atoms with E-state index in [2.05, 4.69) is 14.9 Å². The summed E-state index contributed by atoms with van der Waals surface area (Å²) in [5.41, 5.74) is 4.56. The van der Waals surface area contributed by atoms with Gasteiger partial charge in [-0.3, -0.25) is 10.1 Å². The van der Waals surface area contributed by atoms with Crippen LogP contribution < -0.4 is 5.32 Å². The third-order valence-electron chi connectivity index (χ3n) is 4.20. The molecule has 0 fully saturated rings. The van der Waals surface area contributed by atoms with Crippen molar-refractivity contribution in [3.05, 3.63) is 77.6 Å². The molecule has 0 saturated carbocycles. The first kappa shape index (κ1) is 15.6. The minimum absolute atomic E-state index is 0.130. The molecule has 0 atom stereocenters. The molecule has 0 aliphatic heterocycles. The Balaban J connectivity index is 1.66. The summed E-state index contributed by atoms with van der Waals surface area (Å²) in [6, 6.07) is 19.8. The van der Waals surface area contributed by atoms with Crippen molar-refractivity contribution in [2.45, 2.75) is 13.8 Å². The second-order valence-electron chi connectivity index (χ2n) is 5.90. The summed E-state index contributed by atoms with van der Waals surface area (Å²) < 4.78 is 3.15. The smallest absolute Gasteiger partial charge is 0.259 e. The van der Waals surface area contributed by atoms with Crippen LogP contribution in [0.4, 0.5) is 5.13 Å². The molecular formula is C20H17N3OS. The maximum Gasteiger partial charge on any atom is 0.259 e. The number of aromatic nitrogens is 2. The van der Waals surface area contributed by atoms with Gasteiger partial charge in [0.25, 0.3) is 5.91 Å². The number of hydrogen-bond acceptors (Lipinski definition) is 3. The lowest BCUT2D eigenvalue weighted by atomic mass is 10.2. The second kappa shape index (κ2) is 6.18. The summed E-state index contributed by atoms with van der Waals surface area (Å²) in [6.45, 7) is 3.97. The van der Waals surface area contributed by atoms with Crippen LogP contribution in [0.15, 0.2) is 60.7 Å². The number of carbonyl (C=O) groups is 1. The van der Waals surface area contributed by atoms with Crippen molar-refractivity contribution >= 4 is 32.6 Å². The maximum atomic E-state index is 12.8. The molecule has 0 radical (unpaired) electrons. The Kier molecular flexibility index (Phi) is 3.86. The van der Waals surface area contributed by atoms with Gasteiger partial charge in [0.05, 0.1) is 15.8 Å². The summed E-state index contributed by atoms with van der Waals surface area (Å²) in [4.78, 5) is 17.2. The number of benzene rings is 2. The predicted molar refractivity (Wildman–Crippen MR) is 103 cm³/mol. The minimum Gasteiger partial charge on any atom is -0.318 e. The monoisotopic (exact) mass is 347 g/mol. The molecule has 0 spiro atoms. The lowest BCUT2D eigenvalue weighted by Gasteiger charge is -2.09. The van der Waals surface area contributed by atoms with Crippen LogP contribution in [-0.2, 0) is 0 Å². The summed E-state index contributed by atoms with van der Waals surface area (Å²) in [5.74, 6) is -0.130. The molecule has 1 amide bonds. The molecule has 1 N–H and O–H groups in total. The van der Waals surface area contributed by atoms with E-state index in [0.717, 1.165) is 27.3 Å². The van der Waals surface area contributed by atoms with Crippen LogP contribution in [0.5, 0.6) is 0 Å². The van der Waals surface area contributed by atoms with Gasteiger partial charge in [0, 0.05) is 17.1 Å². The Bertz CT molecular complexity index is 1030. The molecule has 4 aromatic rings. The van der Waals surface area contributed by atoms with E-state index in [0.29, 0.717) is 10.7 Å². The number of amides is 1. The van der Waals surface area contributed by atoms with Crippen molar-refractivity contribution in [2.75, 3.05) is 5.32 Å². The van der Waals surface area contributed by atoms with Gasteiger partial charge in [-0.2, -0.15) is 0 Å². The number of thiazole rings is 1. The van der Waals surface area contributed by atoms with Gasteiger partial charge >= 0.3 is 0 Å². The zero-order chi connectivity index (χ0) is 17.4. The summed E-state index contributed by atoms with van der Waals surface area (Å²) in [5, 5.41) is 3.56. The fourth-order valence-electron chi connectivity index (χ4n) is 3.06. The van der Waals surface area contributed by atoms with Crippen LogP contribution in [0, 0.1) is 13.8 Å². The molecule has 0 unspecified atom stereocenters. The van der Waals surface area contributed by atoms with Gasteiger partial charge in [0.2, 0.25) is 0 Å². The van der Waals surface area contributed by atoms with Crippen LogP contribution in [0.2, 0.25) is 0 Å². The number of hydrogen-bond donors (Lipinski definition) is 1. The Labute approximate surface area is 149 Å². The molecule has 124 valence electrons. The molecule has 0 bridgehead atoms. The summed E-state index contributed by atoms with van der Waals surface area (Å²) in [7, 11) is 0. The lowest BCUT2D eigenvalue weighted by molar-refractivity contribution is 0.102. The molecule has 0 aliphatic rings. The molecule has 4 nitrogen and oxygen atoms in total. The van der Waals surface area contributed by atoms with Crippen LogP contribution in [0.3, 0.4) is 0 Å². The van der Waals surface area contributed by atoms with E-state index in [9.17, 15) is 4.79 Å². The zero-order valence-corrected chi connectivity index (χ0v) is 14.8. The number of carbonyl (C=O) groups excluding carboxylic acids is 1. The van der Waals surface area contributed by atoms with Crippen molar-refractivity contribution in [3.63, 3.8) is 0 Å². The molecule has 25 heavy (non-hydrogen) atoms. The summed E-state index contributed by atoms with van der Waals surface area (Å²) in [6.07, 6.45) is 0. The van der Waals surface area contributed by atoms with Gasteiger partial charge in [0.1, 0.15) is 0 Å². The van der Waals surface area contributed by atoms with Gasteiger partial charge in [0.15, 0.2) is 5.13 Å². The molecule has 2 aromatic carbocycles. The number of aryl methyl sites for hydroxylation is 1. The first-order valence-electron chi connectivity index (χ1n) is 8.05. The third kappa shape index (κ3) is 2.83. The molecule has 4 rings (SSSR count). The Morgan fingerprint density at radius 1 is 1.04 bits per heavy atom. The van der Waals surface area contributed by atoms with E-state index in [-0.39, 0.29) is 5.91 Å². The highest BCUT2D eigenvalue weighted by Gasteiger charge is 2.18. The van der Waals surface area contributed by atoms with Gasteiger partial charge in [-0.15, -0.1) is 0 Å². The Morgan fingerprint density at radius 2 is 1.76 bits per heavy atom. The fourth-order valence-corrected chi connectivity index (χ4v) is 3.92. The highest BCUT2D eigenvalue weighted by molar-refractivity contribution is 7.22. The van der Waals surface area contributed by atoms with Crippen LogP contribution in [0.25, 0.3) is 15.9 Å². The highest BCUT2D eigenvalue weighted by Crippen LogP contribution is 2.27. The number of rotatable bonds is 3. The van der Waals surface area contributed by atoms with Gasteiger partial charge in [-0.05, 0) is 44.2 Å². The largest absolute Gasteiger partial charge is 0.318 e. The minimum atomic E-state index is -0.130. The standard InChI is InChI=1S/C20H17N3OS/c1-13-12-16(14(2)23(13)15-8-4-3-5-9-15)19(24)22-20-21-17-10-6-7-11-18(17)25-20/h3-12H,1-2H3,(H,21,22,24). The quantitative estimate of drug-likeness (QED) is 0.569. The molecule has 0 aliphatic carbocycles. The number of fused-ring (bicyclic) bond motifs is 1. The zero-order valence-electron chi connectivity index (χ0n) is 14.0. The van der Waals surface area contributed by atoms with E-state index in [1.165, 1.54) is 11.3 Å². The normalized spacial score (nSPS) is 11.0. The fraction of sp³-hybridized carbons (Fsp3) is 0.100. The number of para-hydroxylation sites is 2. The van der Waals surface area contributed by atoms with E-state index in [4.69, 9.17) is 0 Å². The van der Waals surface area contributed by atoms with Crippen LogP contribution in [0.1, 0.15) is 21.7 Å².